The second-order valence-corrected chi connectivity index (χ2v) is 4.99. The number of carbonyl (C=O) groups is 1. The highest BCUT2D eigenvalue weighted by Gasteiger charge is 2.15. The molecule has 0 saturated heterocycles. The number of rotatable bonds is 3. The highest BCUT2D eigenvalue weighted by Crippen LogP contribution is 2.17. The van der Waals surface area contributed by atoms with Crippen LogP contribution in [0.1, 0.15) is 27.0 Å². The number of carbonyl (C=O) groups excluding carboxylic acids is 1. The maximum atomic E-state index is 13.5. The Morgan fingerprint density at radius 1 is 1.14 bits per heavy atom. The molecule has 0 aromatic heterocycles. The van der Waals surface area contributed by atoms with Crippen LogP contribution in [-0.2, 0) is 19.6 Å². The molecule has 0 atom stereocenters. The Balaban J connectivity index is 1.70. The van der Waals surface area contributed by atoms with Crippen molar-refractivity contribution < 1.29 is 13.6 Å². The smallest absolute Gasteiger partial charge is 0.254 e. The molecule has 21 heavy (non-hydrogen) atoms. The third kappa shape index (κ3) is 2.78. The summed E-state index contributed by atoms with van der Waals surface area (Å²) in [5, 5.41) is 5.85. The third-order valence-electron chi connectivity index (χ3n) is 3.55. The Kier molecular flexibility index (Phi) is 3.66. The Labute approximate surface area is 121 Å². The van der Waals surface area contributed by atoms with Gasteiger partial charge < -0.3 is 10.6 Å². The Bertz CT molecular complexity index is 701. The van der Waals surface area contributed by atoms with E-state index in [1.165, 1.54) is 23.3 Å². The maximum Gasteiger partial charge on any atom is 0.254 e. The quantitative estimate of drug-likeness (QED) is 0.911. The van der Waals surface area contributed by atoms with Gasteiger partial charge in [0.05, 0.1) is 5.56 Å². The molecule has 0 aliphatic carbocycles. The van der Waals surface area contributed by atoms with E-state index in [9.17, 15) is 13.6 Å². The van der Waals surface area contributed by atoms with E-state index in [4.69, 9.17) is 0 Å². The first-order valence-corrected chi connectivity index (χ1v) is 6.69. The van der Waals surface area contributed by atoms with Crippen LogP contribution in [0.3, 0.4) is 0 Å². The summed E-state index contributed by atoms with van der Waals surface area (Å²) in [7, 11) is 0. The molecular formula is C16H14F2N2O. The summed E-state index contributed by atoms with van der Waals surface area (Å²) in [5.41, 5.74) is 3.11. The van der Waals surface area contributed by atoms with Gasteiger partial charge in [-0.15, -0.1) is 0 Å². The van der Waals surface area contributed by atoms with Crippen LogP contribution in [0.2, 0.25) is 0 Å². The minimum absolute atomic E-state index is 0.280. The van der Waals surface area contributed by atoms with E-state index in [1.54, 1.807) is 0 Å². The van der Waals surface area contributed by atoms with E-state index in [1.807, 2.05) is 18.2 Å². The summed E-state index contributed by atoms with van der Waals surface area (Å²) < 4.78 is 26.6. The largest absolute Gasteiger partial charge is 0.348 e. The summed E-state index contributed by atoms with van der Waals surface area (Å²) in [6.07, 6.45) is 0. The normalized spacial score (nSPS) is 13.0. The second-order valence-electron chi connectivity index (χ2n) is 4.99. The van der Waals surface area contributed by atoms with Crippen LogP contribution >= 0.6 is 0 Å². The van der Waals surface area contributed by atoms with Crippen molar-refractivity contribution in [3.05, 3.63) is 70.3 Å². The fourth-order valence-corrected chi connectivity index (χ4v) is 2.41. The second kappa shape index (κ2) is 5.61. The van der Waals surface area contributed by atoms with E-state index < -0.39 is 17.5 Å². The van der Waals surface area contributed by atoms with Crippen molar-refractivity contribution in [2.75, 3.05) is 0 Å². The summed E-state index contributed by atoms with van der Waals surface area (Å²) in [6, 6.07) is 9.51. The lowest BCUT2D eigenvalue weighted by molar-refractivity contribution is 0.0946. The molecule has 1 heterocycles. The van der Waals surface area contributed by atoms with E-state index >= 15 is 0 Å². The van der Waals surface area contributed by atoms with Gasteiger partial charge in [-0.05, 0) is 28.8 Å². The molecular weight excluding hydrogens is 274 g/mol. The van der Waals surface area contributed by atoms with Gasteiger partial charge in [0.2, 0.25) is 0 Å². The molecule has 3 nitrogen and oxygen atoms in total. The van der Waals surface area contributed by atoms with E-state index in [-0.39, 0.29) is 12.1 Å². The number of hydrogen-bond acceptors (Lipinski definition) is 2. The van der Waals surface area contributed by atoms with Crippen LogP contribution in [0.4, 0.5) is 8.78 Å². The van der Waals surface area contributed by atoms with Gasteiger partial charge in [-0.25, -0.2) is 8.78 Å². The van der Waals surface area contributed by atoms with Crippen LogP contribution in [0, 0.1) is 11.6 Å². The first kappa shape index (κ1) is 13.7. The van der Waals surface area contributed by atoms with Gasteiger partial charge >= 0.3 is 0 Å². The predicted molar refractivity (Wildman–Crippen MR) is 74.5 cm³/mol. The molecule has 2 aromatic rings. The molecule has 0 saturated carbocycles. The molecule has 3 rings (SSSR count). The summed E-state index contributed by atoms with van der Waals surface area (Å²) in [5.74, 6) is -2.76. The molecule has 0 fully saturated rings. The topological polar surface area (TPSA) is 41.1 Å². The van der Waals surface area contributed by atoms with Crippen molar-refractivity contribution in [1.29, 1.82) is 0 Å². The van der Waals surface area contributed by atoms with Gasteiger partial charge in [0.15, 0.2) is 11.6 Å². The molecule has 108 valence electrons. The zero-order valence-corrected chi connectivity index (χ0v) is 11.2. The highest BCUT2D eigenvalue weighted by molar-refractivity contribution is 5.94. The van der Waals surface area contributed by atoms with E-state index in [0.717, 1.165) is 24.7 Å². The highest BCUT2D eigenvalue weighted by atomic mass is 19.2. The average Bonchev–Trinajstić information content (AvgIpc) is 2.95. The van der Waals surface area contributed by atoms with Crippen molar-refractivity contribution in [2.45, 2.75) is 19.6 Å². The Morgan fingerprint density at radius 3 is 2.81 bits per heavy atom. The van der Waals surface area contributed by atoms with Crippen LogP contribution in [0.25, 0.3) is 0 Å². The molecule has 0 radical (unpaired) electrons. The standard InChI is InChI=1S/C16H14F2N2O/c17-14-3-1-2-13(15(14)18)16(21)20-7-10-4-5-11-8-19-9-12(11)6-10/h1-6,19H,7-9H2,(H,20,21). The summed E-state index contributed by atoms with van der Waals surface area (Å²) in [4.78, 5) is 11.9. The van der Waals surface area contributed by atoms with E-state index in [0.29, 0.717) is 0 Å². The third-order valence-corrected chi connectivity index (χ3v) is 3.55. The lowest BCUT2D eigenvalue weighted by Gasteiger charge is -2.08. The number of hydrogen-bond donors (Lipinski definition) is 2. The average molecular weight is 288 g/mol. The van der Waals surface area contributed by atoms with Crippen LogP contribution < -0.4 is 10.6 Å². The Hall–Kier alpha value is -2.27. The lowest BCUT2D eigenvalue weighted by atomic mass is 10.1. The summed E-state index contributed by atoms with van der Waals surface area (Å²) in [6.45, 7) is 1.95. The number of halogens is 2. The van der Waals surface area contributed by atoms with Gasteiger partial charge in [0, 0.05) is 19.6 Å². The number of amides is 1. The molecule has 5 heteroatoms. The predicted octanol–water partition coefficient (Wildman–Crippen LogP) is 2.50. The van der Waals surface area contributed by atoms with Crippen molar-refractivity contribution >= 4 is 5.91 Å². The van der Waals surface area contributed by atoms with Gasteiger partial charge in [0.1, 0.15) is 0 Å². The lowest BCUT2D eigenvalue weighted by Crippen LogP contribution is -2.24. The van der Waals surface area contributed by atoms with Gasteiger partial charge in [0.25, 0.3) is 5.91 Å². The van der Waals surface area contributed by atoms with Crippen molar-refractivity contribution in [1.82, 2.24) is 10.6 Å². The van der Waals surface area contributed by atoms with E-state index in [2.05, 4.69) is 10.6 Å². The first-order valence-electron chi connectivity index (χ1n) is 6.69. The minimum atomic E-state index is -1.12. The van der Waals surface area contributed by atoms with Crippen molar-refractivity contribution in [3.63, 3.8) is 0 Å². The van der Waals surface area contributed by atoms with Crippen LogP contribution in [0.5, 0.6) is 0 Å². The molecule has 2 aromatic carbocycles. The number of fused-ring (bicyclic) bond motifs is 1. The van der Waals surface area contributed by atoms with Crippen LogP contribution in [0.15, 0.2) is 36.4 Å². The Morgan fingerprint density at radius 2 is 1.95 bits per heavy atom. The molecule has 1 aliphatic rings. The molecule has 1 amide bonds. The molecule has 0 bridgehead atoms. The van der Waals surface area contributed by atoms with Crippen LogP contribution in [-0.4, -0.2) is 5.91 Å². The van der Waals surface area contributed by atoms with Crippen molar-refractivity contribution in [2.24, 2.45) is 0 Å². The first-order chi connectivity index (χ1) is 10.1. The molecule has 1 aliphatic heterocycles. The zero-order valence-electron chi connectivity index (χ0n) is 11.2. The monoisotopic (exact) mass is 288 g/mol. The fraction of sp³-hybridized carbons (Fsp3) is 0.188. The molecule has 0 unspecified atom stereocenters. The molecule has 0 spiro atoms. The fourth-order valence-electron chi connectivity index (χ4n) is 2.41. The molecule has 2 N–H and O–H groups in total. The summed E-state index contributed by atoms with van der Waals surface area (Å²) >= 11 is 0. The van der Waals surface area contributed by atoms with Gasteiger partial charge in [-0.2, -0.15) is 0 Å². The number of nitrogens with one attached hydrogen (secondary N) is 2. The maximum absolute atomic E-state index is 13.5. The minimum Gasteiger partial charge on any atom is -0.348 e. The SMILES string of the molecule is O=C(NCc1ccc2c(c1)CNC2)c1cccc(F)c1F. The zero-order chi connectivity index (χ0) is 14.8. The van der Waals surface area contributed by atoms with Gasteiger partial charge in [-0.3, -0.25) is 4.79 Å². The van der Waals surface area contributed by atoms with Crippen molar-refractivity contribution in [3.8, 4) is 0 Å². The van der Waals surface area contributed by atoms with Gasteiger partial charge in [-0.1, -0.05) is 24.3 Å². The number of benzene rings is 2.